The van der Waals surface area contributed by atoms with Crippen molar-refractivity contribution in [2.24, 2.45) is 0 Å². The van der Waals surface area contributed by atoms with E-state index in [-0.39, 0.29) is 0 Å². The van der Waals surface area contributed by atoms with Crippen molar-refractivity contribution in [2.75, 3.05) is 17.7 Å². The van der Waals surface area contributed by atoms with Gasteiger partial charge in [-0.15, -0.1) is 0 Å². The molecule has 1 aromatic rings. The van der Waals surface area contributed by atoms with Crippen molar-refractivity contribution in [2.45, 2.75) is 39.2 Å². The van der Waals surface area contributed by atoms with Gasteiger partial charge in [-0.3, -0.25) is 0 Å². The van der Waals surface area contributed by atoms with Gasteiger partial charge in [0.1, 0.15) is 6.61 Å². The van der Waals surface area contributed by atoms with E-state index in [0.717, 1.165) is 23.5 Å². The van der Waals surface area contributed by atoms with Gasteiger partial charge in [-0.2, -0.15) is 0 Å². The normalized spacial score (nSPS) is 18.5. The Labute approximate surface area is 97.0 Å². The molecule has 3 nitrogen and oxygen atoms in total. The molecule has 0 bridgehead atoms. The Morgan fingerprint density at radius 2 is 2.31 bits per heavy atom. The van der Waals surface area contributed by atoms with Crippen molar-refractivity contribution in [1.82, 2.24) is 0 Å². The molecule has 0 spiro atoms. The molecule has 1 atom stereocenters. The van der Waals surface area contributed by atoms with Gasteiger partial charge in [-0.05, 0) is 37.5 Å². The minimum atomic E-state index is 0.355. The molecule has 0 fully saturated rings. The molecule has 2 rings (SSSR count). The summed E-state index contributed by atoms with van der Waals surface area (Å²) in [4.78, 5) is 0. The third-order valence-electron chi connectivity index (χ3n) is 2.88. The summed E-state index contributed by atoms with van der Waals surface area (Å²) < 4.78 is 5.64. The van der Waals surface area contributed by atoms with Crippen molar-refractivity contribution in [3.63, 3.8) is 0 Å². The first-order valence-electron chi connectivity index (χ1n) is 6.02. The third-order valence-corrected chi connectivity index (χ3v) is 2.88. The maximum absolute atomic E-state index is 5.99. The van der Waals surface area contributed by atoms with Gasteiger partial charge in [0.15, 0.2) is 5.75 Å². The number of benzene rings is 1. The predicted molar refractivity (Wildman–Crippen MR) is 68.0 cm³/mol. The minimum Gasteiger partial charge on any atom is -0.487 e. The van der Waals surface area contributed by atoms with Gasteiger partial charge in [0.25, 0.3) is 0 Å². The number of hydrogen-bond donors (Lipinski definition) is 2. The number of anilines is 2. The van der Waals surface area contributed by atoms with Crippen LogP contribution in [0.15, 0.2) is 12.1 Å². The fraction of sp³-hybridized carbons (Fsp3) is 0.538. The van der Waals surface area contributed by atoms with E-state index in [1.807, 2.05) is 6.07 Å². The number of nitrogens with two attached hydrogens (primary N) is 1. The van der Waals surface area contributed by atoms with Gasteiger partial charge in [0.05, 0.1) is 17.4 Å². The standard InChI is InChI=1S/C13H20N2O/c1-3-4-5-10-6-11(14)13-12(7-10)15-9(2)8-16-13/h6-7,9,15H,3-5,8,14H2,1-2H3. The topological polar surface area (TPSA) is 47.3 Å². The Hall–Kier alpha value is -1.38. The largest absolute Gasteiger partial charge is 0.487 e. The molecule has 1 unspecified atom stereocenters. The van der Waals surface area contributed by atoms with Gasteiger partial charge in [-0.25, -0.2) is 0 Å². The lowest BCUT2D eigenvalue weighted by molar-refractivity contribution is 0.293. The van der Waals surface area contributed by atoms with Crippen molar-refractivity contribution >= 4 is 11.4 Å². The van der Waals surface area contributed by atoms with Crippen LogP contribution < -0.4 is 15.8 Å². The van der Waals surface area contributed by atoms with Crippen molar-refractivity contribution in [1.29, 1.82) is 0 Å². The molecular weight excluding hydrogens is 200 g/mol. The van der Waals surface area contributed by atoms with Crippen LogP contribution in [0.1, 0.15) is 32.3 Å². The number of aryl methyl sites for hydroxylation is 1. The summed E-state index contributed by atoms with van der Waals surface area (Å²) in [5.41, 5.74) is 9.09. The Kier molecular flexibility index (Phi) is 3.22. The van der Waals surface area contributed by atoms with Crippen molar-refractivity contribution in [3.05, 3.63) is 17.7 Å². The average Bonchev–Trinajstić information content (AvgIpc) is 2.25. The zero-order valence-electron chi connectivity index (χ0n) is 10.0. The highest BCUT2D eigenvalue weighted by molar-refractivity contribution is 5.72. The number of ether oxygens (including phenoxy) is 1. The van der Waals surface area contributed by atoms with Crippen LogP contribution in [0.5, 0.6) is 5.75 Å². The minimum absolute atomic E-state index is 0.355. The van der Waals surface area contributed by atoms with E-state index in [4.69, 9.17) is 10.5 Å². The average molecular weight is 220 g/mol. The highest BCUT2D eigenvalue weighted by Crippen LogP contribution is 2.36. The number of rotatable bonds is 3. The third kappa shape index (κ3) is 2.23. The zero-order valence-corrected chi connectivity index (χ0v) is 10.0. The summed E-state index contributed by atoms with van der Waals surface area (Å²) in [6, 6.07) is 4.55. The fourth-order valence-electron chi connectivity index (χ4n) is 2.02. The van der Waals surface area contributed by atoms with E-state index in [1.165, 1.54) is 18.4 Å². The Morgan fingerprint density at radius 1 is 1.50 bits per heavy atom. The second kappa shape index (κ2) is 4.64. The first-order chi connectivity index (χ1) is 7.70. The molecule has 3 N–H and O–H groups in total. The lowest BCUT2D eigenvalue weighted by atomic mass is 10.0. The Morgan fingerprint density at radius 3 is 3.06 bits per heavy atom. The van der Waals surface area contributed by atoms with Crippen LogP contribution in [0.4, 0.5) is 11.4 Å². The predicted octanol–water partition coefficient (Wildman–Crippen LogP) is 2.80. The molecule has 1 aromatic carbocycles. The van der Waals surface area contributed by atoms with Gasteiger partial charge >= 0.3 is 0 Å². The second-order valence-corrected chi connectivity index (χ2v) is 4.52. The lowest BCUT2D eigenvalue weighted by Crippen LogP contribution is -2.28. The number of nitrogens with one attached hydrogen (secondary N) is 1. The summed E-state index contributed by atoms with van der Waals surface area (Å²) in [6.45, 7) is 4.99. The van der Waals surface area contributed by atoms with Crippen LogP contribution in [0.25, 0.3) is 0 Å². The summed E-state index contributed by atoms with van der Waals surface area (Å²) in [5.74, 6) is 0.818. The molecule has 0 saturated carbocycles. The van der Waals surface area contributed by atoms with Gasteiger partial charge in [0.2, 0.25) is 0 Å². The Bertz CT molecular complexity index is 376. The van der Waals surface area contributed by atoms with Gasteiger partial charge in [-0.1, -0.05) is 13.3 Å². The van der Waals surface area contributed by atoms with Crippen LogP contribution in [-0.2, 0) is 6.42 Å². The summed E-state index contributed by atoms with van der Waals surface area (Å²) in [7, 11) is 0. The van der Waals surface area contributed by atoms with Crippen LogP contribution in [0, 0.1) is 0 Å². The molecule has 0 radical (unpaired) electrons. The number of nitrogen functional groups attached to an aromatic ring is 1. The molecule has 1 aliphatic rings. The lowest BCUT2D eigenvalue weighted by Gasteiger charge is -2.26. The first-order valence-corrected chi connectivity index (χ1v) is 6.02. The van der Waals surface area contributed by atoms with E-state index in [9.17, 15) is 0 Å². The zero-order chi connectivity index (χ0) is 11.5. The second-order valence-electron chi connectivity index (χ2n) is 4.52. The summed E-state index contributed by atoms with van der Waals surface area (Å²) in [5, 5.41) is 3.41. The number of unbranched alkanes of at least 4 members (excludes halogenated alkanes) is 1. The first kappa shape index (κ1) is 11.1. The molecular formula is C13H20N2O. The van der Waals surface area contributed by atoms with Crippen LogP contribution >= 0.6 is 0 Å². The highest BCUT2D eigenvalue weighted by Gasteiger charge is 2.18. The molecule has 3 heteroatoms. The van der Waals surface area contributed by atoms with Crippen molar-refractivity contribution < 1.29 is 4.74 Å². The molecule has 0 aliphatic carbocycles. The van der Waals surface area contributed by atoms with E-state index >= 15 is 0 Å². The van der Waals surface area contributed by atoms with E-state index in [2.05, 4.69) is 25.2 Å². The van der Waals surface area contributed by atoms with Gasteiger partial charge in [0, 0.05) is 0 Å². The van der Waals surface area contributed by atoms with Crippen LogP contribution in [0.3, 0.4) is 0 Å². The smallest absolute Gasteiger partial charge is 0.165 e. The van der Waals surface area contributed by atoms with E-state index in [0.29, 0.717) is 12.6 Å². The molecule has 0 saturated heterocycles. The van der Waals surface area contributed by atoms with Crippen molar-refractivity contribution in [3.8, 4) is 5.75 Å². The fourth-order valence-corrected chi connectivity index (χ4v) is 2.02. The number of hydrogen-bond acceptors (Lipinski definition) is 3. The Balaban J connectivity index is 2.25. The molecule has 0 aromatic heterocycles. The number of fused-ring (bicyclic) bond motifs is 1. The monoisotopic (exact) mass is 220 g/mol. The quantitative estimate of drug-likeness (QED) is 0.770. The van der Waals surface area contributed by atoms with E-state index in [1.54, 1.807) is 0 Å². The molecule has 0 amide bonds. The maximum atomic E-state index is 5.99. The highest BCUT2D eigenvalue weighted by atomic mass is 16.5. The summed E-state index contributed by atoms with van der Waals surface area (Å²) in [6.07, 6.45) is 3.50. The summed E-state index contributed by atoms with van der Waals surface area (Å²) >= 11 is 0. The molecule has 1 aliphatic heterocycles. The molecule has 88 valence electrons. The van der Waals surface area contributed by atoms with Gasteiger partial charge < -0.3 is 15.8 Å². The van der Waals surface area contributed by atoms with E-state index < -0.39 is 0 Å². The van der Waals surface area contributed by atoms with Crippen LogP contribution in [0.2, 0.25) is 0 Å². The molecule has 16 heavy (non-hydrogen) atoms. The maximum Gasteiger partial charge on any atom is 0.165 e. The van der Waals surface area contributed by atoms with Crippen LogP contribution in [-0.4, -0.2) is 12.6 Å². The molecule has 1 heterocycles. The SMILES string of the molecule is CCCCc1cc(N)c2c(c1)NC(C)CO2.